The maximum atomic E-state index is 9.53. The van der Waals surface area contributed by atoms with Crippen LogP contribution in [-0.4, -0.2) is 21.5 Å². The molecule has 1 aromatic carbocycles. The van der Waals surface area contributed by atoms with E-state index in [0.29, 0.717) is 0 Å². The van der Waals surface area contributed by atoms with Gasteiger partial charge in [-0.15, -0.1) is 0 Å². The van der Waals surface area contributed by atoms with Gasteiger partial charge in [-0.1, -0.05) is 24.6 Å². The lowest BCUT2D eigenvalue weighted by atomic mass is 9.66. The van der Waals surface area contributed by atoms with Crippen LogP contribution in [0.3, 0.4) is 0 Å². The van der Waals surface area contributed by atoms with Crippen molar-refractivity contribution in [2.45, 2.75) is 24.7 Å². The van der Waals surface area contributed by atoms with Gasteiger partial charge in [0.15, 0.2) is 0 Å². The number of rotatable bonds is 3. The van der Waals surface area contributed by atoms with Crippen LogP contribution < -0.4 is 0 Å². The Morgan fingerprint density at radius 3 is 2.59 bits per heavy atom. The standard InChI is InChI=1S/C14H16N2O/c17-11-14(7-4-8-14)12-9-15-16(10-12)13-5-2-1-3-6-13/h1-3,5-6,9-10,17H,4,7-8,11H2. The molecule has 0 amide bonds. The highest BCUT2D eigenvalue weighted by molar-refractivity contribution is 5.33. The second-order valence-electron chi connectivity index (χ2n) is 4.80. The number of hydrogen-bond acceptors (Lipinski definition) is 2. The van der Waals surface area contributed by atoms with Gasteiger partial charge >= 0.3 is 0 Å². The van der Waals surface area contributed by atoms with Gasteiger partial charge in [-0.05, 0) is 30.5 Å². The van der Waals surface area contributed by atoms with E-state index in [1.165, 1.54) is 6.42 Å². The molecule has 1 N–H and O–H groups in total. The largest absolute Gasteiger partial charge is 0.395 e. The SMILES string of the molecule is OCC1(c2cnn(-c3ccccc3)c2)CCC1. The first-order chi connectivity index (χ1) is 8.34. The van der Waals surface area contributed by atoms with Crippen LogP contribution in [0, 0.1) is 0 Å². The Balaban J connectivity index is 1.93. The van der Waals surface area contributed by atoms with Crippen molar-refractivity contribution < 1.29 is 5.11 Å². The van der Waals surface area contributed by atoms with Gasteiger partial charge in [0.1, 0.15) is 0 Å². The van der Waals surface area contributed by atoms with Crippen LogP contribution >= 0.6 is 0 Å². The fraction of sp³-hybridized carbons (Fsp3) is 0.357. The Morgan fingerprint density at radius 2 is 2.00 bits per heavy atom. The molecule has 0 saturated heterocycles. The molecule has 17 heavy (non-hydrogen) atoms. The number of benzene rings is 1. The maximum Gasteiger partial charge on any atom is 0.0645 e. The second-order valence-corrected chi connectivity index (χ2v) is 4.80. The first kappa shape index (κ1) is 10.5. The van der Waals surface area contributed by atoms with Crippen LogP contribution in [0.2, 0.25) is 0 Å². The van der Waals surface area contributed by atoms with Gasteiger partial charge in [0.25, 0.3) is 0 Å². The number of aliphatic hydroxyl groups is 1. The molecule has 88 valence electrons. The van der Waals surface area contributed by atoms with E-state index in [1.54, 1.807) is 0 Å². The van der Waals surface area contributed by atoms with E-state index < -0.39 is 0 Å². The van der Waals surface area contributed by atoms with Crippen LogP contribution in [0.15, 0.2) is 42.7 Å². The van der Waals surface area contributed by atoms with E-state index in [1.807, 2.05) is 47.4 Å². The van der Waals surface area contributed by atoms with Crippen molar-refractivity contribution in [3.05, 3.63) is 48.3 Å². The molecule has 3 rings (SSSR count). The Bertz CT molecular complexity index is 494. The first-order valence-electron chi connectivity index (χ1n) is 6.05. The van der Waals surface area contributed by atoms with E-state index >= 15 is 0 Å². The summed E-state index contributed by atoms with van der Waals surface area (Å²) in [5.74, 6) is 0. The lowest BCUT2D eigenvalue weighted by molar-refractivity contribution is 0.120. The van der Waals surface area contributed by atoms with Crippen LogP contribution in [0.5, 0.6) is 0 Å². The highest BCUT2D eigenvalue weighted by Gasteiger charge is 2.39. The van der Waals surface area contributed by atoms with Crippen molar-refractivity contribution in [2.75, 3.05) is 6.61 Å². The molecule has 0 bridgehead atoms. The molecule has 1 aromatic heterocycles. The highest BCUT2D eigenvalue weighted by atomic mass is 16.3. The zero-order valence-electron chi connectivity index (χ0n) is 9.71. The number of nitrogens with zero attached hydrogens (tertiary/aromatic N) is 2. The van der Waals surface area contributed by atoms with Crippen molar-refractivity contribution in [1.82, 2.24) is 9.78 Å². The monoisotopic (exact) mass is 228 g/mol. The molecule has 1 fully saturated rings. The van der Waals surface area contributed by atoms with E-state index in [4.69, 9.17) is 0 Å². The summed E-state index contributed by atoms with van der Waals surface area (Å²) in [6.07, 6.45) is 7.29. The molecule has 0 spiro atoms. The molecule has 3 heteroatoms. The fourth-order valence-electron chi connectivity index (χ4n) is 2.46. The summed E-state index contributed by atoms with van der Waals surface area (Å²) in [4.78, 5) is 0. The molecule has 3 nitrogen and oxygen atoms in total. The fourth-order valence-corrected chi connectivity index (χ4v) is 2.46. The third kappa shape index (κ3) is 1.67. The van der Waals surface area contributed by atoms with Crippen molar-refractivity contribution in [3.8, 4) is 5.69 Å². The smallest absolute Gasteiger partial charge is 0.0645 e. The Kier molecular flexibility index (Phi) is 2.48. The van der Waals surface area contributed by atoms with Gasteiger partial charge in [-0.3, -0.25) is 0 Å². The summed E-state index contributed by atoms with van der Waals surface area (Å²) in [6, 6.07) is 10.1. The molecule has 0 unspecified atom stereocenters. The third-order valence-corrected chi connectivity index (χ3v) is 3.83. The van der Waals surface area contributed by atoms with E-state index in [9.17, 15) is 5.11 Å². The molecule has 1 aliphatic rings. The summed E-state index contributed by atoms with van der Waals surface area (Å²) < 4.78 is 1.88. The normalized spacial score (nSPS) is 17.7. The minimum Gasteiger partial charge on any atom is -0.395 e. The average Bonchev–Trinajstić information content (AvgIpc) is 2.80. The molecule has 1 aliphatic carbocycles. The maximum absolute atomic E-state index is 9.53. The van der Waals surface area contributed by atoms with E-state index in [-0.39, 0.29) is 12.0 Å². The van der Waals surface area contributed by atoms with Crippen LogP contribution in [0.1, 0.15) is 24.8 Å². The van der Waals surface area contributed by atoms with Gasteiger partial charge in [-0.2, -0.15) is 5.10 Å². The van der Waals surface area contributed by atoms with Gasteiger partial charge in [-0.25, -0.2) is 4.68 Å². The summed E-state index contributed by atoms with van der Waals surface area (Å²) in [6.45, 7) is 0.230. The first-order valence-corrected chi connectivity index (χ1v) is 6.05. The van der Waals surface area contributed by atoms with Crippen molar-refractivity contribution >= 4 is 0 Å². The van der Waals surface area contributed by atoms with Crippen LogP contribution in [0.25, 0.3) is 5.69 Å². The minimum atomic E-state index is -0.0208. The van der Waals surface area contributed by atoms with Crippen molar-refractivity contribution in [3.63, 3.8) is 0 Å². The van der Waals surface area contributed by atoms with Gasteiger partial charge in [0.05, 0.1) is 18.5 Å². The molecule has 2 aromatic rings. The summed E-state index contributed by atoms with van der Waals surface area (Å²) in [5, 5.41) is 13.9. The molecule has 0 atom stereocenters. The molecule has 0 radical (unpaired) electrons. The van der Waals surface area contributed by atoms with Crippen molar-refractivity contribution in [2.24, 2.45) is 0 Å². The molecule has 0 aliphatic heterocycles. The molecule has 1 heterocycles. The molecular weight excluding hydrogens is 212 g/mol. The second kappa shape index (κ2) is 4.00. The summed E-state index contributed by atoms with van der Waals surface area (Å²) in [5.41, 5.74) is 2.20. The third-order valence-electron chi connectivity index (χ3n) is 3.83. The molecule has 1 saturated carbocycles. The lowest BCUT2D eigenvalue weighted by Crippen LogP contribution is -2.37. The van der Waals surface area contributed by atoms with Crippen molar-refractivity contribution in [1.29, 1.82) is 0 Å². The highest BCUT2D eigenvalue weighted by Crippen LogP contribution is 2.43. The average molecular weight is 228 g/mol. The zero-order valence-corrected chi connectivity index (χ0v) is 9.71. The van der Waals surface area contributed by atoms with E-state index in [0.717, 1.165) is 24.1 Å². The Labute approximate surface area is 101 Å². The van der Waals surface area contributed by atoms with Crippen LogP contribution in [-0.2, 0) is 5.41 Å². The Morgan fingerprint density at radius 1 is 1.24 bits per heavy atom. The van der Waals surface area contributed by atoms with Gasteiger partial charge in [0.2, 0.25) is 0 Å². The number of aliphatic hydroxyl groups excluding tert-OH is 1. The predicted octanol–water partition coefficient (Wildman–Crippen LogP) is 2.29. The van der Waals surface area contributed by atoms with Gasteiger partial charge < -0.3 is 5.11 Å². The number of para-hydroxylation sites is 1. The quantitative estimate of drug-likeness (QED) is 0.875. The molecular formula is C14H16N2O. The van der Waals surface area contributed by atoms with Gasteiger partial charge in [0, 0.05) is 11.6 Å². The topological polar surface area (TPSA) is 38.1 Å². The Hall–Kier alpha value is -1.61. The predicted molar refractivity (Wildman–Crippen MR) is 66.2 cm³/mol. The summed E-state index contributed by atoms with van der Waals surface area (Å²) in [7, 11) is 0. The zero-order chi connectivity index (χ0) is 11.7. The minimum absolute atomic E-state index is 0.0208. The lowest BCUT2D eigenvalue weighted by Gasteiger charge is -2.39. The number of hydrogen-bond donors (Lipinski definition) is 1. The summed E-state index contributed by atoms with van der Waals surface area (Å²) >= 11 is 0. The van der Waals surface area contributed by atoms with Crippen LogP contribution in [0.4, 0.5) is 0 Å². The number of aromatic nitrogens is 2. The van der Waals surface area contributed by atoms with E-state index in [2.05, 4.69) is 5.10 Å².